The van der Waals surface area contributed by atoms with Gasteiger partial charge in [-0.1, -0.05) is 37.3 Å². The summed E-state index contributed by atoms with van der Waals surface area (Å²) in [4.78, 5) is 27.5. The molecule has 0 radical (unpaired) electrons. The maximum Gasteiger partial charge on any atom is 0.237 e. The lowest BCUT2D eigenvalue weighted by Gasteiger charge is -2.25. The van der Waals surface area contributed by atoms with Gasteiger partial charge < -0.3 is 0 Å². The Balaban J connectivity index is 1.91. The van der Waals surface area contributed by atoms with E-state index < -0.39 is 11.6 Å². The summed E-state index contributed by atoms with van der Waals surface area (Å²) in [7, 11) is 0. The van der Waals surface area contributed by atoms with Gasteiger partial charge in [-0.25, -0.2) is 4.39 Å². The average Bonchev–Trinajstić information content (AvgIpc) is 2.83. The Morgan fingerprint density at radius 1 is 1.32 bits per heavy atom. The van der Waals surface area contributed by atoms with Gasteiger partial charge in [0.05, 0.1) is 5.41 Å². The number of nitrogens with zero attached hydrogens (tertiary/aromatic N) is 1. The van der Waals surface area contributed by atoms with Crippen molar-refractivity contribution in [3.63, 3.8) is 0 Å². The number of carbonyl (C=O) groups is 2. The number of benzene rings is 1. The van der Waals surface area contributed by atoms with Crippen LogP contribution >= 0.6 is 0 Å². The van der Waals surface area contributed by atoms with Gasteiger partial charge in [-0.2, -0.15) is 0 Å². The van der Waals surface area contributed by atoms with Crippen LogP contribution in [-0.2, 0) is 15.0 Å². The number of alkyl halides is 1. The zero-order chi connectivity index (χ0) is 15.7. The van der Waals surface area contributed by atoms with Gasteiger partial charge in [-0.05, 0) is 17.5 Å². The van der Waals surface area contributed by atoms with Crippen LogP contribution in [0, 0.1) is 0 Å². The number of aliphatic imine (C=N–C) groups is 1. The highest BCUT2D eigenvalue weighted by molar-refractivity contribution is 6.09. The van der Waals surface area contributed by atoms with E-state index in [-0.39, 0.29) is 24.2 Å². The molecule has 114 valence electrons. The number of amides is 2. The topological polar surface area (TPSA) is 58.5 Å². The van der Waals surface area contributed by atoms with E-state index in [1.54, 1.807) is 12.3 Å². The average molecular weight is 300 g/mol. The van der Waals surface area contributed by atoms with Crippen LogP contribution in [-0.4, -0.2) is 24.2 Å². The van der Waals surface area contributed by atoms with Crippen LogP contribution in [0.15, 0.2) is 41.5 Å². The van der Waals surface area contributed by atoms with E-state index >= 15 is 0 Å². The van der Waals surface area contributed by atoms with Crippen molar-refractivity contribution in [1.82, 2.24) is 5.32 Å². The van der Waals surface area contributed by atoms with Crippen LogP contribution in [0.1, 0.15) is 36.8 Å². The first kappa shape index (κ1) is 14.6. The summed E-state index contributed by atoms with van der Waals surface area (Å²) in [6.45, 7) is 1.89. The highest BCUT2D eigenvalue weighted by atomic mass is 19.1. The van der Waals surface area contributed by atoms with Gasteiger partial charge in [-0.3, -0.25) is 19.9 Å². The van der Waals surface area contributed by atoms with E-state index in [9.17, 15) is 14.0 Å². The van der Waals surface area contributed by atoms with Crippen molar-refractivity contribution in [1.29, 1.82) is 0 Å². The standard InChI is InChI=1S/C17H17FN2O2/c1-2-17(9-15(21)20-16(17)22)12-5-3-11(4-6-12)13-7-8-19-10-14(13)18/h3-8,10,13-14H,2,9H2,1H3,(H,20,21,22)/t13?,14?,17-/m0/s1. The second kappa shape index (κ2) is 5.48. The van der Waals surface area contributed by atoms with Crippen LogP contribution < -0.4 is 5.32 Å². The fourth-order valence-electron chi connectivity index (χ4n) is 3.16. The van der Waals surface area contributed by atoms with Crippen molar-refractivity contribution in [3.05, 3.63) is 47.7 Å². The Labute approximate surface area is 128 Å². The zero-order valence-electron chi connectivity index (χ0n) is 12.3. The fraction of sp³-hybridized carbons (Fsp3) is 0.353. The highest BCUT2D eigenvalue weighted by Gasteiger charge is 2.46. The summed E-state index contributed by atoms with van der Waals surface area (Å²) in [6, 6.07) is 7.29. The highest BCUT2D eigenvalue weighted by Crippen LogP contribution is 2.36. The lowest BCUT2D eigenvalue weighted by atomic mass is 9.76. The monoisotopic (exact) mass is 300 g/mol. The normalized spacial score (nSPS) is 30.6. The molecule has 1 saturated heterocycles. The molecule has 4 nitrogen and oxygen atoms in total. The van der Waals surface area contributed by atoms with Gasteiger partial charge in [0, 0.05) is 24.8 Å². The number of nitrogens with one attached hydrogen (secondary N) is 1. The summed E-state index contributed by atoms with van der Waals surface area (Å²) in [6.07, 6.45) is 4.17. The minimum Gasteiger partial charge on any atom is -0.296 e. The summed E-state index contributed by atoms with van der Waals surface area (Å²) in [5.41, 5.74) is 0.829. The number of rotatable bonds is 3. The number of hydrogen-bond donors (Lipinski definition) is 1. The van der Waals surface area contributed by atoms with Gasteiger partial charge >= 0.3 is 0 Å². The quantitative estimate of drug-likeness (QED) is 0.871. The third-order valence-electron chi connectivity index (χ3n) is 4.55. The molecule has 1 fully saturated rings. The van der Waals surface area contributed by atoms with Crippen LogP contribution in [0.3, 0.4) is 0 Å². The molecule has 0 aromatic heterocycles. The van der Waals surface area contributed by atoms with E-state index in [4.69, 9.17) is 0 Å². The summed E-state index contributed by atoms with van der Waals surface area (Å²) in [5.74, 6) is -0.852. The Morgan fingerprint density at radius 2 is 2.05 bits per heavy atom. The van der Waals surface area contributed by atoms with Crippen molar-refractivity contribution in [3.8, 4) is 0 Å². The molecule has 2 unspecified atom stereocenters. The number of hydrogen-bond acceptors (Lipinski definition) is 3. The molecule has 5 heteroatoms. The van der Waals surface area contributed by atoms with Crippen molar-refractivity contribution in [2.75, 3.05) is 0 Å². The third kappa shape index (κ3) is 2.26. The molecule has 2 aliphatic rings. The molecule has 1 aromatic carbocycles. The minimum absolute atomic E-state index is 0.170. The van der Waals surface area contributed by atoms with Crippen LogP contribution in [0.5, 0.6) is 0 Å². The van der Waals surface area contributed by atoms with Gasteiger partial charge in [-0.15, -0.1) is 0 Å². The second-order valence-electron chi connectivity index (χ2n) is 5.72. The lowest BCUT2D eigenvalue weighted by molar-refractivity contribution is -0.126. The number of allylic oxidation sites excluding steroid dienone is 1. The number of imide groups is 1. The lowest BCUT2D eigenvalue weighted by Crippen LogP contribution is -2.35. The third-order valence-corrected chi connectivity index (χ3v) is 4.55. The summed E-state index contributed by atoms with van der Waals surface area (Å²) < 4.78 is 13.9. The molecule has 3 rings (SSSR count). The maximum absolute atomic E-state index is 13.9. The van der Waals surface area contributed by atoms with E-state index in [0.717, 1.165) is 11.1 Å². The Hall–Kier alpha value is -2.30. The predicted molar refractivity (Wildman–Crippen MR) is 81.4 cm³/mol. The SMILES string of the molecule is CC[C@@]1(c2ccc(C3C=CN=CC3F)cc2)CC(=O)NC1=O. The van der Waals surface area contributed by atoms with Crippen molar-refractivity contribution in [2.45, 2.75) is 37.3 Å². The fourth-order valence-corrected chi connectivity index (χ4v) is 3.16. The molecule has 2 heterocycles. The van der Waals surface area contributed by atoms with Gasteiger partial charge in [0.15, 0.2) is 0 Å². The van der Waals surface area contributed by atoms with E-state index in [2.05, 4.69) is 10.3 Å². The van der Waals surface area contributed by atoms with E-state index in [0.29, 0.717) is 6.42 Å². The van der Waals surface area contributed by atoms with Crippen LogP contribution in [0.25, 0.3) is 0 Å². The van der Waals surface area contributed by atoms with Gasteiger partial charge in [0.25, 0.3) is 0 Å². The first-order valence-electron chi connectivity index (χ1n) is 7.35. The first-order valence-corrected chi connectivity index (χ1v) is 7.35. The smallest absolute Gasteiger partial charge is 0.237 e. The van der Waals surface area contributed by atoms with Crippen molar-refractivity contribution in [2.24, 2.45) is 4.99 Å². The molecule has 0 bridgehead atoms. The van der Waals surface area contributed by atoms with Gasteiger partial charge in [0.1, 0.15) is 6.17 Å². The number of halogens is 1. The number of carbonyl (C=O) groups excluding carboxylic acids is 2. The minimum atomic E-state index is -1.15. The molecule has 2 amide bonds. The Kier molecular flexibility index (Phi) is 3.64. The Morgan fingerprint density at radius 3 is 2.59 bits per heavy atom. The molecule has 0 aliphatic carbocycles. The van der Waals surface area contributed by atoms with Crippen LogP contribution in [0.4, 0.5) is 4.39 Å². The summed E-state index contributed by atoms with van der Waals surface area (Å²) in [5, 5.41) is 2.38. The molecular formula is C17H17FN2O2. The molecule has 2 aliphatic heterocycles. The molecule has 3 atom stereocenters. The van der Waals surface area contributed by atoms with Crippen molar-refractivity contribution < 1.29 is 14.0 Å². The van der Waals surface area contributed by atoms with Gasteiger partial charge in [0.2, 0.25) is 11.8 Å². The Bertz CT molecular complexity index is 666. The van der Waals surface area contributed by atoms with E-state index in [1.165, 1.54) is 6.21 Å². The molecule has 22 heavy (non-hydrogen) atoms. The second-order valence-corrected chi connectivity index (χ2v) is 5.72. The molecule has 0 spiro atoms. The predicted octanol–water partition coefficient (Wildman–Crippen LogP) is 2.40. The molecule has 0 saturated carbocycles. The zero-order valence-corrected chi connectivity index (χ0v) is 12.3. The maximum atomic E-state index is 13.9. The van der Waals surface area contributed by atoms with Crippen molar-refractivity contribution >= 4 is 18.0 Å². The first-order chi connectivity index (χ1) is 10.6. The molecular weight excluding hydrogens is 283 g/mol. The summed E-state index contributed by atoms with van der Waals surface area (Å²) >= 11 is 0. The molecule has 1 aromatic rings. The largest absolute Gasteiger partial charge is 0.296 e. The van der Waals surface area contributed by atoms with Crippen LogP contribution in [0.2, 0.25) is 0 Å². The molecule has 1 N–H and O–H groups in total. The van der Waals surface area contributed by atoms with E-state index in [1.807, 2.05) is 31.2 Å².